The van der Waals surface area contributed by atoms with Crippen molar-refractivity contribution in [1.82, 2.24) is 0 Å². The van der Waals surface area contributed by atoms with Crippen LogP contribution in [-0.2, 0) is 10.8 Å². The molecule has 0 radical (unpaired) electrons. The molecule has 0 bridgehead atoms. The van der Waals surface area contributed by atoms with Crippen LogP contribution in [0.5, 0.6) is 0 Å². The van der Waals surface area contributed by atoms with Crippen molar-refractivity contribution in [1.29, 1.82) is 5.41 Å². The summed E-state index contributed by atoms with van der Waals surface area (Å²) in [6.07, 6.45) is 1.87. The molecule has 0 amide bonds. The number of rotatable bonds is 5. The Balaban J connectivity index is 3.34. The summed E-state index contributed by atoms with van der Waals surface area (Å²) in [6, 6.07) is 0. The number of halogens is 1. The first-order chi connectivity index (χ1) is 4.66. The van der Waals surface area contributed by atoms with Crippen molar-refractivity contribution in [2.45, 2.75) is 18.7 Å². The molecule has 0 aromatic heterocycles. The third-order valence-corrected chi connectivity index (χ3v) is 2.81. The standard InChI is InChI=1S/C6H12ClNOS/c1-6(7)5-10(9)4-2-3-8/h3,6,8H,2,4-5H2,1H3. The lowest BCUT2D eigenvalue weighted by Crippen LogP contribution is -2.10. The third-order valence-electron chi connectivity index (χ3n) is 0.905. The molecular weight excluding hydrogens is 170 g/mol. The normalized spacial score (nSPS) is 16.2. The van der Waals surface area contributed by atoms with Crippen molar-refractivity contribution in [2.75, 3.05) is 11.5 Å². The predicted octanol–water partition coefficient (Wildman–Crippen LogP) is 1.40. The Hall–Kier alpha value is 0.110. The van der Waals surface area contributed by atoms with Gasteiger partial charge in [-0.25, -0.2) is 0 Å². The summed E-state index contributed by atoms with van der Waals surface area (Å²) in [4.78, 5) is 0. The van der Waals surface area contributed by atoms with Gasteiger partial charge in [-0.1, -0.05) is 0 Å². The molecular formula is C6H12ClNOS. The molecule has 2 atom stereocenters. The van der Waals surface area contributed by atoms with Gasteiger partial charge in [0.25, 0.3) is 0 Å². The first kappa shape index (κ1) is 10.1. The van der Waals surface area contributed by atoms with Crippen molar-refractivity contribution in [3.63, 3.8) is 0 Å². The smallest absolute Gasteiger partial charge is 0.0423 e. The van der Waals surface area contributed by atoms with E-state index in [-0.39, 0.29) is 5.38 Å². The van der Waals surface area contributed by atoms with Gasteiger partial charge in [-0.15, -0.1) is 11.6 Å². The average molecular weight is 182 g/mol. The molecule has 0 rings (SSSR count). The van der Waals surface area contributed by atoms with Gasteiger partial charge in [-0.2, -0.15) is 0 Å². The fourth-order valence-corrected chi connectivity index (χ4v) is 2.01. The van der Waals surface area contributed by atoms with Crippen LogP contribution in [0.15, 0.2) is 0 Å². The van der Waals surface area contributed by atoms with Gasteiger partial charge in [0, 0.05) is 27.7 Å². The van der Waals surface area contributed by atoms with Gasteiger partial charge < -0.3 is 5.41 Å². The second-order valence-electron chi connectivity index (χ2n) is 2.08. The quantitative estimate of drug-likeness (QED) is 0.506. The molecule has 0 aromatic rings. The van der Waals surface area contributed by atoms with E-state index in [1.54, 1.807) is 0 Å². The second-order valence-corrected chi connectivity index (χ2v) is 4.45. The molecule has 0 aliphatic carbocycles. The van der Waals surface area contributed by atoms with Crippen LogP contribution in [-0.4, -0.2) is 27.3 Å². The van der Waals surface area contributed by atoms with Crippen LogP contribution < -0.4 is 0 Å². The molecule has 4 heteroatoms. The minimum Gasteiger partial charge on any atom is -0.313 e. The lowest BCUT2D eigenvalue weighted by molar-refractivity contribution is 0.682. The first-order valence-electron chi connectivity index (χ1n) is 3.14. The van der Waals surface area contributed by atoms with E-state index in [9.17, 15) is 4.21 Å². The molecule has 0 aliphatic heterocycles. The molecule has 0 fully saturated rings. The van der Waals surface area contributed by atoms with Gasteiger partial charge in [0.05, 0.1) is 0 Å². The van der Waals surface area contributed by atoms with E-state index in [1.165, 1.54) is 6.21 Å². The first-order valence-corrected chi connectivity index (χ1v) is 5.07. The van der Waals surface area contributed by atoms with Crippen molar-refractivity contribution in [2.24, 2.45) is 0 Å². The van der Waals surface area contributed by atoms with E-state index < -0.39 is 10.8 Å². The zero-order chi connectivity index (χ0) is 7.98. The van der Waals surface area contributed by atoms with Crippen LogP contribution in [0.25, 0.3) is 0 Å². The summed E-state index contributed by atoms with van der Waals surface area (Å²) >= 11 is 5.60. The lowest BCUT2D eigenvalue weighted by atomic mass is 10.5. The van der Waals surface area contributed by atoms with Crippen molar-refractivity contribution in [3.05, 3.63) is 0 Å². The van der Waals surface area contributed by atoms with Gasteiger partial charge in [-0.3, -0.25) is 4.21 Å². The van der Waals surface area contributed by atoms with Crippen LogP contribution in [0.1, 0.15) is 13.3 Å². The van der Waals surface area contributed by atoms with Gasteiger partial charge >= 0.3 is 0 Å². The maximum Gasteiger partial charge on any atom is 0.0423 e. The Morgan fingerprint density at radius 2 is 2.40 bits per heavy atom. The van der Waals surface area contributed by atoms with Crippen molar-refractivity contribution in [3.8, 4) is 0 Å². The molecule has 0 spiro atoms. The summed E-state index contributed by atoms with van der Waals surface area (Å²) < 4.78 is 10.9. The van der Waals surface area contributed by atoms with E-state index in [4.69, 9.17) is 17.0 Å². The summed E-state index contributed by atoms with van der Waals surface area (Å²) in [6.45, 7) is 1.82. The third kappa shape index (κ3) is 6.23. The Kier molecular flexibility index (Phi) is 5.93. The Morgan fingerprint density at radius 3 is 2.80 bits per heavy atom. The molecule has 2 nitrogen and oxygen atoms in total. The van der Waals surface area contributed by atoms with Crippen LogP contribution in [0, 0.1) is 5.41 Å². The Labute approximate surface area is 68.9 Å². The number of hydrogen-bond acceptors (Lipinski definition) is 2. The highest BCUT2D eigenvalue weighted by molar-refractivity contribution is 7.85. The molecule has 0 heterocycles. The largest absolute Gasteiger partial charge is 0.313 e. The van der Waals surface area contributed by atoms with E-state index in [2.05, 4.69) is 0 Å². The van der Waals surface area contributed by atoms with Gasteiger partial charge in [-0.05, 0) is 19.6 Å². The molecule has 2 unspecified atom stereocenters. The fourth-order valence-electron chi connectivity index (χ4n) is 0.530. The minimum absolute atomic E-state index is 0.0217. The lowest BCUT2D eigenvalue weighted by Gasteiger charge is -2.00. The summed E-state index contributed by atoms with van der Waals surface area (Å²) in [5, 5.41) is 6.66. The van der Waals surface area contributed by atoms with Gasteiger partial charge in [0.1, 0.15) is 0 Å². The van der Waals surface area contributed by atoms with Crippen molar-refractivity contribution >= 4 is 28.6 Å². The minimum atomic E-state index is -0.833. The van der Waals surface area contributed by atoms with Crippen LogP contribution in [0.4, 0.5) is 0 Å². The second kappa shape index (κ2) is 5.86. The molecule has 10 heavy (non-hydrogen) atoms. The maximum atomic E-state index is 10.9. The number of alkyl halides is 1. The van der Waals surface area contributed by atoms with Crippen LogP contribution in [0.2, 0.25) is 0 Å². The Bertz CT molecular complexity index is 127. The van der Waals surface area contributed by atoms with Crippen molar-refractivity contribution < 1.29 is 4.21 Å². The molecule has 60 valence electrons. The predicted molar refractivity (Wildman–Crippen MR) is 46.6 cm³/mol. The van der Waals surface area contributed by atoms with Gasteiger partial charge in [0.2, 0.25) is 0 Å². The molecule has 0 aliphatic rings. The SMILES string of the molecule is CC(Cl)CS(=O)CCC=N. The molecule has 0 saturated heterocycles. The maximum absolute atomic E-state index is 10.9. The number of hydrogen-bond donors (Lipinski definition) is 1. The van der Waals surface area contributed by atoms with Crippen LogP contribution >= 0.6 is 11.6 Å². The van der Waals surface area contributed by atoms with E-state index >= 15 is 0 Å². The molecule has 1 N–H and O–H groups in total. The highest BCUT2D eigenvalue weighted by Crippen LogP contribution is 1.97. The van der Waals surface area contributed by atoms with E-state index in [0.717, 1.165) is 0 Å². The Morgan fingerprint density at radius 1 is 1.80 bits per heavy atom. The monoisotopic (exact) mass is 181 g/mol. The summed E-state index contributed by atoms with van der Waals surface area (Å²) in [7, 11) is -0.833. The molecule has 0 saturated carbocycles. The zero-order valence-corrected chi connectivity index (χ0v) is 7.54. The van der Waals surface area contributed by atoms with E-state index in [0.29, 0.717) is 17.9 Å². The fraction of sp³-hybridized carbons (Fsp3) is 0.833. The number of nitrogens with one attached hydrogen (secondary N) is 1. The topological polar surface area (TPSA) is 40.9 Å². The zero-order valence-electron chi connectivity index (χ0n) is 5.97. The average Bonchev–Trinajstić information content (AvgIpc) is 1.82. The highest BCUT2D eigenvalue weighted by atomic mass is 35.5. The molecule has 0 aromatic carbocycles. The van der Waals surface area contributed by atoms with E-state index in [1.807, 2.05) is 6.92 Å². The van der Waals surface area contributed by atoms with Crippen LogP contribution in [0.3, 0.4) is 0 Å². The highest BCUT2D eigenvalue weighted by Gasteiger charge is 2.02. The van der Waals surface area contributed by atoms with Gasteiger partial charge in [0.15, 0.2) is 0 Å². The summed E-state index contributed by atoms with van der Waals surface area (Å²) in [5.74, 6) is 1.11. The summed E-state index contributed by atoms with van der Waals surface area (Å²) in [5.41, 5.74) is 0.